The van der Waals surface area contributed by atoms with Gasteiger partial charge >= 0.3 is 5.97 Å². The summed E-state index contributed by atoms with van der Waals surface area (Å²) in [6.07, 6.45) is 1.89. The van der Waals surface area contributed by atoms with Gasteiger partial charge in [0.1, 0.15) is 0 Å². The van der Waals surface area contributed by atoms with E-state index in [1.54, 1.807) is 13.8 Å². The summed E-state index contributed by atoms with van der Waals surface area (Å²) in [5, 5.41) is 9.33. The maximum absolute atomic E-state index is 12.1. The third-order valence-corrected chi connectivity index (χ3v) is 4.55. The minimum atomic E-state index is -0.751. The second-order valence-electron chi connectivity index (χ2n) is 6.17. The van der Waals surface area contributed by atoms with Crippen molar-refractivity contribution in [1.82, 2.24) is 9.80 Å². The van der Waals surface area contributed by atoms with Crippen LogP contribution in [0.1, 0.15) is 40.5 Å². The number of aliphatic carboxylic acids is 1. The van der Waals surface area contributed by atoms with Crippen LogP contribution in [-0.4, -0.2) is 59.5 Å². The molecule has 20 heavy (non-hydrogen) atoms. The lowest BCUT2D eigenvalue weighted by Gasteiger charge is -2.39. The maximum Gasteiger partial charge on any atom is 0.309 e. The number of rotatable bonds is 6. The molecule has 1 rings (SSSR count). The Balaban J connectivity index is 2.62. The SMILES string of the molecule is CCN(CC)C(=O)CN1CCCC(C(C)(C)C(=O)O)C1. The van der Waals surface area contributed by atoms with Crippen LogP contribution in [0.15, 0.2) is 0 Å². The second-order valence-corrected chi connectivity index (χ2v) is 6.17. The van der Waals surface area contributed by atoms with Crippen molar-refractivity contribution in [3.8, 4) is 0 Å². The Kier molecular flexibility index (Phi) is 5.99. The molecule has 0 bridgehead atoms. The third-order valence-electron chi connectivity index (χ3n) is 4.55. The first-order chi connectivity index (χ1) is 9.32. The Hall–Kier alpha value is -1.10. The molecule has 0 radical (unpaired) electrons. The number of nitrogens with zero attached hydrogens (tertiary/aromatic N) is 2. The van der Waals surface area contributed by atoms with Gasteiger partial charge in [0, 0.05) is 19.6 Å². The van der Waals surface area contributed by atoms with E-state index < -0.39 is 11.4 Å². The molecule has 1 amide bonds. The fourth-order valence-corrected chi connectivity index (χ4v) is 2.83. The van der Waals surface area contributed by atoms with E-state index in [0.29, 0.717) is 13.1 Å². The predicted octanol–water partition coefficient (Wildman–Crippen LogP) is 1.68. The average molecular weight is 284 g/mol. The third kappa shape index (κ3) is 3.95. The van der Waals surface area contributed by atoms with Crippen LogP contribution < -0.4 is 0 Å². The Labute approximate surface area is 121 Å². The number of hydrogen-bond donors (Lipinski definition) is 1. The number of hydrogen-bond acceptors (Lipinski definition) is 3. The zero-order chi connectivity index (χ0) is 15.3. The van der Waals surface area contributed by atoms with Crippen LogP contribution in [-0.2, 0) is 9.59 Å². The van der Waals surface area contributed by atoms with Gasteiger partial charge in [-0.2, -0.15) is 0 Å². The molecule has 5 nitrogen and oxygen atoms in total. The van der Waals surface area contributed by atoms with Crippen molar-refractivity contribution >= 4 is 11.9 Å². The lowest BCUT2D eigenvalue weighted by atomic mass is 9.74. The van der Waals surface area contributed by atoms with Gasteiger partial charge in [0.2, 0.25) is 5.91 Å². The molecular weight excluding hydrogens is 256 g/mol. The van der Waals surface area contributed by atoms with Crippen LogP contribution >= 0.6 is 0 Å². The van der Waals surface area contributed by atoms with Gasteiger partial charge in [-0.3, -0.25) is 14.5 Å². The fourth-order valence-electron chi connectivity index (χ4n) is 2.83. The van der Waals surface area contributed by atoms with Crippen molar-refractivity contribution in [3.05, 3.63) is 0 Å². The molecule has 0 aliphatic carbocycles. The summed E-state index contributed by atoms with van der Waals surface area (Å²) in [6, 6.07) is 0. The summed E-state index contributed by atoms with van der Waals surface area (Å²) in [5.41, 5.74) is -0.725. The monoisotopic (exact) mass is 284 g/mol. The first-order valence-corrected chi connectivity index (χ1v) is 7.56. The Bertz CT molecular complexity index is 351. The van der Waals surface area contributed by atoms with E-state index in [1.165, 1.54) is 0 Å². The lowest BCUT2D eigenvalue weighted by molar-refractivity contribution is -0.151. The van der Waals surface area contributed by atoms with Crippen LogP contribution in [0.4, 0.5) is 0 Å². The van der Waals surface area contributed by atoms with Gasteiger partial charge in [-0.1, -0.05) is 0 Å². The van der Waals surface area contributed by atoms with Crippen molar-refractivity contribution in [2.24, 2.45) is 11.3 Å². The van der Waals surface area contributed by atoms with Crippen molar-refractivity contribution < 1.29 is 14.7 Å². The summed E-state index contributed by atoms with van der Waals surface area (Å²) in [5.74, 6) is -0.499. The number of amides is 1. The Morgan fingerprint density at radius 3 is 2.40 bits per heavy atom. The van der Waals surface area contributed by atoms with Crippen molar-refractivity contribution in [2.75, 3.05) is 32.7 Å². The first kappa shape index (κ1) is 17.0. The summed E-state index contributed by atoms with van der Waals surface area (Å²) in [7, 11) is 0. The van der Waals surface area contributed by atoms with E-state index in [9.17, 15) is 14.7 Å². The molecule has 0 aromatic rings. The quantitative estimate of drug-likeness (QED) is 0.806. The van der Waals surface area contributed by atoms with E-state index >= 15 is 0 Å². The van der Waals surface area contributed by atoms with Gasteiger partial charge in [-0.25, -0.2) is 0 Å². The average Bonchev–Trinajstić information content (AvgIpc) is 2.40. The normalized spacial score (nSPS) is 20.7. The number of carboxylic acid groups (broad SMARTS) is 1. The maximum atomic E-state index is 12.1. The van der Waals surface area contributed by atoms with Gasteiger partial charge < -0.3 is 10.0 Å². The number of likely N-dealkylation sites (N-methyl/N-ethyl adjacent to an activating group) is 1. The highest BCUT2D eigenvalue weighted by molar-refractivity contribution is 5.78. The first-order valence-electron chi connectivity index (χ1n) is 7.56. The molecular formula is C15H28N2O3. The molecule has 0 spiro atoms. The summed E-state index contributed by atoms with van der Waals surface area (Å²) in [6.45, 7) is 11.0. The molecule has 5 heteroatoms. The smallest absolute Gasteiger partial charge is 0.309 e. The van der Waals surface area contributed by atoms with Gasteiger partial charge in [-0.15, -0.1) is 0 Å². The molecule has 1 heterocycles. The molecule has 116 valence electrons. The molecule has 0 aromatic carbocycles. The van der Waals surface area contributed by atoms with Crippen LogP contribution in [0.25, 0.3) is 0 Å². The van der Waals surface area contributed by atoms with Crippen molar-refractivity contribution in [2.45, 2.75) is 40.5 Å². The lowest BCUT2D eigenvalue weighted by Crippen LogP contribution is -2.48. The molecule has 0 aromatic heterocycles. The van der Waals surface area contributed by atoms with Crippen LogP contribution in [0.3, 0.4) is 0 Å². The predicted molar refractivity (Wildman–Crippen MR) is 78.5 cm³/mol. The molecule has 0 saturated carbocycles. The zero-order valence-electron chi connectivity index (χ0n) is 13.2. The van der Waals surface area contributed by atoms with E-state index in [0.717, 1.165) is 32.5 Å². The Morgan fingerprint density at radius 2 is 1.90 bits per heavy atom. The van der Waals surface area contributed by atoms with Gasteiger partial charge in [0.05, 0.1) is 12.0 Å². The molecule has 1 aliphatic heterocycles. The number of carbonyl (C=O) groups is 2. The molecule has 1 N–H and O–H groups in total. The molecule has 1 atom stereocenters. The highest BCUT2D eigenvalue weighted by atomic mass is 16.4. The fraction of sp³-hybridized carbons (Fsp3) is 0.867. The van der Waals surface area contributed by atoms with E-state index in [1.807, 2.05) is 18.7 Å². The van der Waals surface area contributed by atoms with Crippen molar-refractivity contribution in [1.29, 1.82) is 0 Å². The standard InChI is InChI=1S/C15H28N2O3/c1-5-17(6-2)13(18)11-16-9-7-8-12(10-16)15(3,4)14(19)20/h12H,5-11H2,1-4H3,(H,19,20). The molecule has 1 unspecified atom stereocenters. The molecule has 1 fully saturated rings. The van der Waals surface area contributed by atoms with Crippen molar-refractivity contribution in [3.63, 3.8) is 0 Å². The zero-order valence-corrected chi connectivity index (χ0v) is 13.2. The number of carbonyl (C=O) groups excluding carboxylic acids is 1. The summed E-state index contributed by atoms with van der Waals surface area (Å²) in [4.78, 5) is 27.4. The van der Waals surface area contributed by atoms with Gasteiger partial charge in [0.15, 0.2) is 0 Å². The van der Waals surface area contributed by atoms with Gasteiger partial charge in [0.25, 0.3) is 0 Å². The number of piperidine rings is 1. The minimum Gasteiger partial charge on any atom is -0.481 e. The number of carboxylic acids is 1. The largest absolute Gasteiger partial charge is 0.481 e. The van der Waals surface area contributed by atoms with E-state index in [4.69, 9.17) is 0 Å². The Morgan fingerprint density at radius 1 is 1.30 bits per heavy atom. The summed E-state index contributed by atoms with van der Waals surface area (Å²) >= 11 is 0. The minimum absolute atomic E-state index is 0.109. The van der Waals surface area contributed by atoms with Crippen LogP contribution in [0.2, 0.25) is 0 Å². The summed E-state index contributed by atoms with van der Waals surface area (Å²) < 4.78 is 0. The van der Waals surface area contributed by atoms with Gasteiger partial charge in [-0.05, 0) is 53.0 Å². The van der Waals surface area contributed by atoms with Crippen LogP contribution in [0.5, 0.6) is 0 Å². The van der Waals surface area contributed by atoms with E-state index in [-0.39, 0.29) is 11.8 Å². The van der Waals surface area contributed by atoms with Crippen LogP contribution in [0, 0.1) is 11.3 Å². The topological polar surface area (TPSA) is 60.9 Å². The molecule has 1 aliphatic rings. The van der Waals surface area contributed by atoms with E-state index in [2.05, 4.69) is 4.90 Å². The number of likely N-dealkylation sites (tertiary alicyclic amines) is 1. The second kappa shape index (κ2) is 7.07. The highest BCUT2D eigenvalue weighted by Gasteiger charge is 2.39. The molecule has 1 saturated heterocycles. The highest BCUT2D eigenvalue weighted by Crippen LogP contribution is 2.34.